The lowest BCUT2D eigenvalue weighted by Gasteiger charge is -2.20. The van der Waals surface area contributed by atoms with E-state index in [2.05, 4.69) is 9.97 Å². The number of rotatable bonds is 7. The van der Waals surface area contributed by atoms with Crippen molar-refractivity contribution in [3.05, 3.63) is 81.2 Å². The van der Waals surface area contributed by atoms with Gasteiger partial charge in [-0.25, -0.2) is 18.4 Å². The van der Waals surface area contributed by atoms with Gasteiger partial charge in [-0.05, 0) is 42.7 Å². The summed E-state index contributed by atoms with van der Waals surface area (Å²) in [6, 6.07) is 10.7. The van der Waals surface area contributed by atoms with E-state index in [0.29, 0.717) is 5.56 Å². The fraction of sp³-hybridized carbons (Fsp3) is 0.280. The van der Waals surface area contributed by atoms with Crippen LogP contribution in [0.15, 0.2) is 53.6 Å². The Morgan fingerprint density at radius 1 is 1.16 bits per heavy atom. The van der Waals surface area contributed by atoms with Gasteiger partial charge < -0.3 is 4.90 Å². The Kier molecular flexibility index (Phi) is 7.97. The molecule has 0 amide bonds. The van der Waals surface area contributed by atoms with Crippen molar-refractivity contribution in [1.29, 1.82) is 5.26 Å². The molecule has 3 aromatic rings. The smallest absolute Gasteiger partial charge is 0.355 e. The molecule has 2 aromatic carbocycles. The predicted octanol–water partition coefficient (Wildman–Crippen LogP) is 5.54. The van der Waals surface area contributed by atoms with Gasteiger partial charge in [0.2, 0.25) is 5.82 Å². The van der Waals surface area contributed by atoms with E-state index in [9.17, 15) is 31.6 Å². The lowest BCUT2D eigenvalue weighted by Crippen LogP contribution is -2.29. The number of benzene rings is 2. The standard InChI is InChI=1S/C25H19Cl2F3N4O3S/c26-19-2-1-3-21(23(19)27)38(36,37)17-10-11-34(14-17)24-18(13-32-22(12-31)33-24)20(35)9-6-15-4-7-16(8-5-15)25(28,29)30/h1-5,7-8,13,17H,6,9-11,14H2/t17-/m0/s1. The van der Waals surface area contributed by atoms with Gasteiger partial charge in [-0.1, -0.05) is 41.4 Å². The van der Waals surface area contributed by atoms with Crippen LogP contribution in [0.25, 0.3) is 0 Å². The number of ketones is 1. The highest BCUT2D eigenvalue weighted by molar-refractivity contribution is 7.92. The first-order chi connectivity index (χ1) is 17.9. The van der Waals surface area contributed by atoms with Crippen LogP contribution in [0.1, 0.15) is 40.2 Å². The fourth-order valence-corrected chi connectivity index (χ4v) is 6.63. The number of aromatic nitrogens is 2. The third kappa shape index (κ3) is 5.77. The summed E-state index contributed by atoms with van der Waals surface area (Å²) in [5.41, 5.74) is -0.157. The quantitative estimate of drug-likeness (QED) is 0.337. The lowest BCUT2D eigenvalue weighted by molar-refractivity contribution is -0.137. The molecule has 198 valence electrons. The zero-order chi connectivity index (χ0) is 27.7. The van der Waals surface area contributed by atoms with E-state index in [-0.39, 0.29) is 64.5 Å². The van der Waals surface area contributed by atoms with Gasteiger partial charge in [0.05, 0.1) is 31.3 Å². The fourth-order valence-electron chi connectivity index (χ4n) is 4.17. The highest BCUT2D eigenvalue weighted by Crippen LogP contribution is 2.35. The van der Waals surface area contributed by atoms with Crippen LogP contribution < -0.4 is 4.90 Å². The van der Waals surface area contributed by atoms with E-state index < -0.39 is 32.6 Å². The third-order valence-corrected chi connectivity index (χ3v) is 9.34. The van der Waals surface area contributed by atoms with Gasteiger partial charge in [0.25, 0.3) is 0 Å². The van der Waals surface area contributed by atoms with Crippen molar-refractivity contribution in [3.8, 4) is 6.07 Å². The molecule has 2 heterocycles. The molecule has 1 aliphatic rings. The van der Waals surface area contributed by atoms with Crippen molar-refractivity contribution in [1.82, 2.24) is 9.97 Å². The van der Waals surface area contributed by atoms with Gasteiger partial charge in [0.15, 0.2) is 15.6 Å². The minimum Gasteiger partial charge on any atom is -0.355 e. The maximum Gasteiger partial charge on any atom is 0.416 e. The van der Waals surface area contributed by atoms with Gasteiger partial charge in [0.1, 0.15) is 11.9 Å². The number of halogens is 5. The monoisotopic (exact) mass is 582 g/mol. The number of hydrogen-bond acceptors (Lipinski definition) is 7. The van der Waals surface area contributed by atoms with Gasteiger partial charge in [-0.15, -0.1) is 0 Å². The molecule has 0 unspecified atom stereocenters. The molecule has 0 spiro atoms. The Balaban J connectivity index is 1.54. The van der Waals surface area contributed by atoms with Crippen LogP contribution in [0.3, 0.4) is 0 Å². The van der Waals surface area contributed by atoms with Crippen molar-refractivity contribution >= 4 is 44.6 Å². The summed E-state index contributed by atoms with van der Waals surface area (Å²) < 4.78 is 65.0. The van der Waals surface area contributed by atoms with Crippen molar-refractivity contribution in [2.45, 2.75) is 35.6 Å². The molecule has 0 N–H and O–H groups in total. The zero-order valence-corrected chi connectivity index (χ0v) is 21.9. The average Bonchev–Trinajstić information content (AvgIpc) is 3.39. The summed E-state index contributed by atoms with van der Waals surface area (Å²) in [5.74, 6) is -0.457. The molecule has 38 heavy (non-hydrogen) atoms. The van der Waals surface area contributed by atoms with Gasteiger partial charge in [-0.3, -0.25) is 4.79 Å². The third-order valence-electron chi connectivity index (χ3n) is 6.20. The predicted molar refractivity (Wildman–Crippen MR) is 135 cm³/mol. The van der Waals surface area contributed by atoms with E-state index in [0.717, 1.165) is 12.1 Å². The molecule has 13 heteroatoms. The second kappa shape index (κ2) is 10.9. The summed E-state index contributed by atoms with van der Waals surface area (Å²) in [6.45, 7) is 0.232. The van der Waals surface area contributed by atoms with E-state index in [1.807, 2.05) is 6.07 Å². The first-order valence-electron chi connectivity index (χ1n) is 11.3. The van der Waals surface area contributed by atoms with E-state index >= 15 is 0 Å². The number of sulfone groups is 1. The number of hydrogen-bond donors (Lipinski definition) is 0. The average molecular weight is 583 g/mol. The van der Waals surface area contributed by atoms with Gasteiger partial charge >= 0.3 is 6.18 Å². The summed E-state index contributed by atoms with van der Waals surface area (Å²) in [4.78, 5) is 22.7. The molecule has 4 rings (SSSR count). The lowest BCUT2D eigenvalue weighted by atomic mass is 10.0. The Bertz CT molecular complexity index is 1520. The summed E-state index contributed by atoms with van der Waals surface area (Å²) in [6.07, 6.45) is -2.91. The van der Waals surface area contributed by atoms with Crippen molar-refractivity contribution < 1.29 is 26.4 Å². The van der Waals surface area contributed by atoms with Crippen molar-refractivity contribution in [3.63, 3.8) is 0 Å². The maximum absolute atomic E-state index is 13.3. The second-order valence-corrected chi connectivity index (χ2v) is 11.6. The SMILES string of the molecule is N#Cc1ncc(C(=O)CCc2ccc(C(F)(F)F)cc2)c(N2CC[C@H](S(=O)(=O)c3cccc(Cl)c3Cl)C2)n1. The van der Waals surface area contributed by atoms with Crippen LogP contribution in [0.5, 0.6) is 0 Å². The number of nitrogens with zero attached hydrogens (tertiary/aromatic N) is 4. The van der Waals surface area contributed by atoms with Crippen LogP contribution >= 0.6 is 23.2 Å². The minimum atomic E-state index is -4.46. The van der Waals surface area contributed by atoms with Crippen molar-refractivity contribution in [2.24, 2.45) is 0 Å². The molecule has 1 aromatic heterocycles. The molecule has 0 saturated carbocycles. The normalized spacial score (nSPS) is 15.9. The van der Waals surface area contributed by atoms with Crippen LogP contribution in [0.2, 0.25) is 10.0 Å². The summed E-state index contributed by atoms with van der Waals surface area (Å²) in [5, 5.41) is 8.44. The molecule has 1 atom stereocenters. The molecule has 0 bridgehead atoms. The minimum absolute atomic E-state index is 0.00770. The number of nitriles is 1. The Labute approximate surface area is 226 Å². The Hall–Kier alpha value is -3.20. The molecule has 7 nitrogen and oxygen atoms in total. The number of carbonyl (C=O) groups is 1. The highest BCUT2D eigenvalue weighted by Gasteiger charge is 2.37. The molecule has 1 saturated heterocycles. The van der Waals surface area contributed by atoms with E-state index in [1.54, 1.807) is 4.90 Å². The highest BCUT2D eigenvalue weighted by atomic mass is 35.5. The van der Waals surface area contributed by atoms with E-state index in [4.69, 9.17) is 23.2 Å². The maximum atomic E-state index is 13.3. The molecule has 0 radical (unpaired) electrons. The molecule has 1 fully saturated rings. The zero-order valence-electron chi connectivity index (χ0n) is 19.5. The Morgan fingerprint density at radius 3 is 2.53 bits per heavy atom. The van der Waals surface area contributed by atoms with Crippen LogP contribution in [0, 0.1) is 11.3 Å². The summed E-state index contributed by atoms with van der Waals surface area (Å²) in [7, 11) is -3.87. The Morgan fingerprint density at radius 2 is 1.87 bits per heavy atom. The van der Waals surface area contributed by atoms with Gasteiger partial charge in [0, 0.05) is 25.7 Å². The van der Waals surface area contributed by atoms with Gasteiger partial charge in [-0.2, -0.15) is 18.4 Å². The van der Waals surface area contributed by atoms with Crippen LogP contribution in [-0.2, 0) is 22.4 Å². The number of alkyl halides is 3. The molecule has 0 aliphatic carbocycles. The number of aryl methyl sites for hydroxylation is 1. The first-order valence-corrected chi connectivity index (χ1v) is 13.6. The first kappa shape index (κ1) is 27.8. The van der Waals surface area contributed by atoms with Crippen molar-refractivity contribution in [2.75, 3.05) is 18.0 Å². The molecule has 1 aliphatic heterocycles. The number of carbonyl (C=O) groups excluding carboxylic acids is 1. The molecular weight excluding hydrogens is 564 g/mol. The second-order valence-electron chi connectivity index (χ2n) is 8.61. The summed E-state index contributed by atoms with van der Waals surface area (Å²) >= 11 is 12.2. The number of anilines is 1. The van der Waals surface area contributed by atoms with Crippen LogP contribution in [-0.4, -0.2) is 42.5 Å². The van der Waals surface area contributed by atoms with Crippen LogP contribution in [0.4, 0.5) is 19.0 Å². The number of Topliss-reactive ketones (excluding diaryl/α,β-unsaturated/α-hetero) is 1. The topological polar surface area (TPSA) is 104 Å². The molecular formula is C25H19Cl2F3N4O3S. The van der Waals surface area contributed by atoms with E-state index in [1.165, 1.54) is 36.5 Å². The largest absolute Gasteiger partial charge is 0.416 e.